The van der Waals surface area contributed by atoms with Crippen LogP contribution in [0.15, 0.2) is 68.8 Å². The lowest BCUT2D eigenvalue weighted by molar-refractivity contribution is -0.113. The molecule has 0 spiro atoms. The first kappa shape index (κ1) is 21.1. The van der Waals surface area contributed by atoms with E-state index in [0.29, 0.717) is 22.8 Å². The smallest absolute Gasteiger partial charge is 0.298 e. The predicted octanol–water partition coefficient (Wildman–Crippen LogP) is 4.45. The SMILES string of the molecule is Cc1ccc(N2C(=O)S/C(=C\c3ccc(-c4ccc(S(N)(=O)=O)cc4)o3)C2=O)cc1C. The lowest BCUT2D eigenvalue weighted by Gasteiger charge is -2.13. The number of rotatable bonds is 4. The topological polar surface area (TPSA) is 111 Å². The van der Waals surface area contributed by atoms with Gasteiger partial charge in [-0.3, -0.25) is 9.59 Å². The van der Waals surface area contributed by atoms with Gasteiger partial charge in [0.25, 0.3) is 11.1 Å². The lowest BCUT2D eigenvalue weighted by atomic mass is 10.1. The summed E-state index contributed by atoms with van der Waals surface area (Å²) in [6, 6.07) is 14.7. The Morgan fingerprint density at radius 3 is 2.32 bits per heavy atom. The van der Waals surface area contributed by atoms with Gasteiger partial charge in [-0.2, -0.15) is 0 Å². The molecule has 1 aliphatic heterocycles. The number of nitrogens with zero attached hydrogens (tertiary/aromatic N) is 1. The zero-order valence-electron chi connectivity index (χ0n) is 16.7. The van der Waals surface area contributed by atoms with Gasteiger partial charge < -0.3 is 4.42 Å². The van der Waals surface area contributed by atoms with E-state index in [1.54, 1.807) is 30.3 Å². The Morgan fingerprint density at radius 1 is 0.968 bits per heavy atom. The Bertz CT molecular complexity index is 1340. The number of aryl methyl sites for hydroxylation is 2. The minimum Gasteiger partial charge on any atom is -0.457 e. The van der Waals surface area contributed by atoms with Gasteiger partial charge in [0.1, 0.15) is 11.5 Å². The fraction of sp³-hybridized carbons (Fsp3) is 0.0909. The highest BCUT2D eigenvalue weighted by Crippen LogP contribution is 2.37. The molecule has 7 nitrogen and oxygen atoms in total. The number of amides is 2. The molecule has 158 valence electrons. The van der Waals surface area contributed by atoms with Crippen molar-refractivity contribution in [1.82, 2.24) is 0 Å². The number of carbonyl (C=O) groups is 2. The predicted molar refractivity (Wildman–Crippen MR) is 120 cm³/mol. The monoisotopic (exact) mass is 454 g/mol. The van der Waals surface area contributed by atoms with E-state index in [1.807, 2.05) is 26.0 Å². The summed E-state index contributed by atoms with van der Waals surface area (Å²) in [4.78, 5) is 26.7. The largest absolute Gasteiger partial charge is 0.457 e. The molecule has 1 aliphatic rings. The van der Waals surface area contributed by atoms with E-state index >= 15 is 0 Å². The lowest BCUT2D eigenvalue weighted by Crippen LogP contribution is -2.27. The van der Waals surface area contributed by atoms with Crippen LogP contribution in [0.2, 0.25) is 0 Å². The number of nitrogens with two attached hydrogens (primary N) is 1. The summed E-state index contributed by atoms with van der Waals surface area (Å²) in [6.07, 6.45) is 1.52. The van der Waals surface area contributed by atoms with E-state index in [4.69, 9.17) is 9.56 Å². The molecule has 1 fully saturated rings. The van der Waals surface area contributed by atoms with Crippen LogP contribution in [-0.2, 0) is 14.8 Å². The molecule has 2 aromatic carbocycles. The number of primary sulfonamides is 1. The third-order valence-electron chi connectivity index (χ3n) is 4.91. The molecule has 0 aliphatic carbocycles. The van der Waals surface area contributed by atoms with E-state index in [9.17, 15) is 18.0 Å². The second kappa shape index (κ2) is 7.84. The molecule has 1 saturated heterocycles. The van der Waals surface area contributed by atoms with Gasteiger partial charge in [0.05, 0.1) is 15.5 Å². The molecule has 0 atom stereocenters. The maximum Gasteiger partial charge on any atom is 0.298 e. The fourth-order valence-corrected chi connectivity index (χ4v) is 4.42. The summed E-state index contributed by atoms with van der Waals surface area (Å²) >= 11 is 0.849. The summed E-state index contributed by atoms with van der Waals surface area (Å²) in [5.41, 5.74) is 3.25. The first-order chi connectivity index (χ1) is 14.6. The van der Waals surface area contributed by atoms with Crippen molar-refractivity contribution >= 4 is 44.7 Å². The van der Waals surface area contributed by atoms with Gasteiger partial charge in [-0.25, -0.2) is 18.5 Å². The number of hydrogen-bond donors (Lipinski definition) is 1. The van der Waals surface area contributed by atoms with Crippen LogP contribution in [0.1, 0.15) is 16.9 Å². The standard InChI is InChI=1S/C22H18N2O5S2/c1-13-3-6-16(11-14(13)2)24-21(25)20(30-22(24)26)12-17-7-10-19(29-17)15-4-8-18(9-5-15)31(23,27)28/h3-12H,1-2H3,(H2,23,27,28)/b20-12-. The van der Waals surface area contributed by atoms with Crippen molar-refractivity contribution in [3.8, 4) is 11.3 Å². The van der Waals surface area contributed by atoms with Crippen LogP contribution in [-0.4, -0.2) is 19.6 Å². The first-order valence-corrected chi connectivity index (χ1v) is 11.6. The number of imide groups is 1. The van der Waals surface area contributed by atoms with Crippen molar-refractivity contribution < 1.29 is 22.4 Å². The number of sulfonamides is 1. The van der Waals surface area contributed by atoms with Gasteiger partial charge in [0.2, 0.25) is 10.0 Å². The highest BCUT2D eigenvalue weighted by atomic mass is 32.2. The molecular formula is C22H18N2O5S2. The third-order valence-corrected chi connectivity index (χ3v) is 6.71. The van der Waals surface area contributed by atoms with Gasteiger partial charge in [0.15, 0.2) is 0 Å². The van der Waals surface area contributed by atoms with Crippen molar-refractivity contribution in [3.63, 3.8) is 0 Å². The molecule has 0 unspecified atom stereocenters. The summed E-state index contributed by atoms with van der Waals surface area (Å²) in [7, 11) is -3.77. The Balaban J connectivity index is 1.58. The van der Waals surface area contributed by atoms with Crippen LogP contribution in [0.25, 0.3) is 17.4 Å². The van der Waals surface area contributed by atoms with Gasteiger partial charge in [-0.05, 0) is 85.3 Å². The number of benzene rings is 2. The van der Waals surface area contributed by atoms with Gasteiger partial charge >= 0.3 is 0 Å². The second-order valence-electron chi connectivity index (χ2n) is 7.06. The molecule has 4 rings (SSSR count). The number of carbonyl (C=O) groups excluding carboxylic acids is 2. The maximum absolute atomic E-state index is 12.8. The van der Waals surface area contributed by atoms with E-state index in [-0.39, 0.29) is 15.0 Å². The fourth-order valence-electron chi connectivity index (χ4n) is 3.08. The van der Waals surface area contributed by atoms with Crippen LogP contribution >= 0.6 is 11.8 Å². The van der Waals surface area contributed by atoms with Crippen LogP contribution in [0, 0.1) is 13.8 Å². The van der Waals surface area contributed by atoms with Gasteiger partial charge in [-0.1, -0.05) is 6.07 Å². The quantitative estimate of drug-likeness (QED) is 0.583. The van der Waals surface area contributed by atoms with E-state index in [2.05, 4.69) is 0 Å². The highest BCUT2D eigenvalue weighted by molar-refractivity contribution is 8.19. The summed E-state index contributed by atoms with van der Waals surface area (Å²) < 4.78 is 28.5. The molecule has 0 radical (unpaired) electrons. The van der Waals surface area contributed by atoms with Gasteiger partial charge in [0, 0.05) is 11.6 Å². The van der Waals surface area contributed by atoms with Crippen molar-refractivity contribution in [1.29, 1.82) is 0 Å². The summed E-state index contributed by atoms with van der Waals surface area (Å²) in [5, 5.41) is 4.74. The molecular weight excluding hydrogens is 436 g/mol. The highest BCUT2D eigenvalue weighted by Gasteiger charge is 2.36. The van der Waals surface area contributed by atoms with Crippen LogP contribution in [0.5, 0.6) is 0 Å². The second-order valence-corrected chi connectivity index (χ2v) is 9.61. The number of hydrogen-bond acceptors (Lipinski definition) is 6. The summed E-state index contributed by atoms with van der Waals surface area (Å²) in [5.74, 6) is 0.477. The maximum atomic E-state index is 12.8. The number of anilines is 1. The minimum atomic E-state index is -3.77. The molecule has 0 bridgehead atoms. The van der Waals surface area contributed by atoms with Crippen LogP contribution < -0.4 is 10.0 Å². The third kappa shape index (κ3) is 4.20. The van der Waals surface area contributed by atoms with Crippen LogP contribution in [0.3, 0.4) is 0 Å². The van der Waals surface area contributed by atoms with E-state index in [1.165, 1.54) is 18.2 Å². The number of furan rings is 1. The molecule has 0 saturated carbocycles. The molecule has 3 aromatic rings. The van der Waals surface area contributed by atoms with Crippen molar-refractivity contribution in [2.24, 2.45) is 5.14 Å². The van der Waals surface area contributed by atoms with Gasteiger partial charge in [-0.15, -0.1) is 0 Å². The zero-order chi connectivity index (χ0) is 22.3. The average molecular weight is 455 g/mol. The van der Waals surface area contributed by atoms with Crippen molar-refractivity contribution in [2.45, 2.75) is 18.7 Å². The average Bonchev–Trinajstić information content (AvgIpc) is 3.28. The molecule has 2 amide bonds. The van der Waals surface area contributed by atoms with E-state index in [0.717, 1.165) is 27.8 Å². The van der Waals surface area contributed by atoms with Crippen molar-refractivity contribution in [3.05, 3.63) is 76.4 Å². The molecule has 31 heavy (non-hydrogen) atoms. The first-order valence-electron chi connectivity index (χ1n) is 9.22. The Hall–Kier alpha value is -3.14. The zero-order valence-corrected chi connectivity index (χ0v) is 18.3. The van der Waals surface area contributed by atoms with Crippen molar-refractivity contribution in [2.75, 3.05) is 4.90 Å². The normalized spacial score (nSPS) is 15.8. The molecule has 9 heteroatoms. The Morgan fingerprint density at radius 2 is 1.68 bits per heavy atom. The minimum absolute atomic E-state index is 0.00282. The Labute approximate surface area is 183 Å². The van der Waals surface area contributed by atoms with Crippen LogP contribution in [0.4, 0.5) is 10.5 Å². The Kier molecular flexibility index (Phi) is 5.34. The number of thioether (sulfide) groups is 1. The molecule has 2 N–H and O–H groups in total. The molecule has 1 aromatic heterocycles. The van der Waals surface area contributed by atoms with E-state index < -0.39 is 15.9 Å². The summed E-state index contributed by atoms with van der Waals surface area (Å²) in [6.45, 7) is 3.89. The molecule has 2 heterocycles.